The number of aromatic nitrogens is 3. The monoisotopic (exact) mass is 309 g/mol. The minimum absolute atomic E-state index is 0.234. The molecule has 0 saturated heterocycles. The summed E-state index contributed by atoms with van der Waals surface area (Å²) >= 11 is 0. The van der Waals surface area contributed by atoms with Gasteiger partial charge in [-0.1, -0.05) is 31.5 Å². The molecule has 0 unspecified atom stereocenters. The number of hydrogen-bond acceptors (Lipinski definition) is 2. The number of aromatic carboxylic acids is 1. The summed E-state index contributed by atoms with van der Waals surface area (Å²) in [6.45, 7) is 3.11. The first-order valence-electron chi connectivity index (χ1n) is 8.13. The van der Waals surface area contributed by atoms with Crippen molar-refractivity contribution < 1.29 is 9.90 Å². The number of fused-ring (bicyclic) bond motifs is 5. The maximum absolute atomic E-state index is 11.4. The lowest BCUT2D eigenvalue weighted by Crippen LogP contribution is -2.09. The average molecular weight is 309 g/mol. The van der Waals surface area contributed by atoms with E-state index in [1.54, 1.807) is 0 Å². The fourth-order valence-electron chi connectivity index (χ4n) is 3.68. The summed E-state index contributed by atoms with van der Waals surface area (Å²) in [5.74, 6) is -0.932. The van der Waals surface area contributed by atoms with Gasteiger partial charge in [-0.2, -0.15) is 5.10 Å². The van der Waals surface area contributed by atoms with Crippen molar-refractivity contribution in [1.82, 2.24) is 14.8 Å². The van der Waals surface area contributed by atoms with E-state index in [4.69, 9.17) is 0 Å². The SMILES string of the molecule is CCCCn1c2c(c3ccccc31)CCc1c-2n[nH]c1C(=O)O. The molecule has 1 aliphatic carbocycles. The van der Waals surface area contributed by atoms with Crippen LogP contribution in [-0.2, 0) is 19.4 Å². The van der Waals surface area contributed by atoms with Crippen LogP contribution in [0.4, 0.5) is 0 Å². The number of hydrogen-bond donors (Lipinski definition) is 2. The quantitative estimate of drug-likeness (QED) is 0.773. The van der Waals surface area contributed by atoms with Gasteiger partial charge in [-0.05, 0) is 30.9 Å². The van der Waals surface area contributed by atoms with Gasteiger partial charge in [0.15, 0.2) is 0 Å². The zero-order chi connectivity index (χ0) is 16.0. The number of carbonyl (C=O) groups is 1. The minimum Gasteiger partial charge on any atom is -0.477 e. The van der Waals surface area contributed by atoms with Crippen molar-refractivity contribution in [1.29, 1.82) is 0 Å². The van der Waals surface area contributed by atoms with Gasteiger partial charge >= 0.3 is 5.97 Å². The molecule has 5 heteroatoms. The van der Waals surface area contributed by atoms with E-state index in [0.29, 0.717) is 0 Å². The molecular weight excluding hydrogens is 290 g/mol. The Morgan fingerprint density at radius 1 is 1.30 bits per heavy atom. The number of para-hydroxylation sites is 1. The first-order chi connectivity index (χ1) is 11.2. The number of H-pyrrole nitrogens is 1. The highest BCUT2D eigenvalue weighted by Crippen LogP contribution is 2.40. The normalized spacial score (nSPS) is 13.1. The van der Waals surface area contributed by atoms with Crippen molar-refractivity contribution in [3.63, 3.8) is 0 Å². The predicted molar refractivity (Wildman–Crippen MR) is 88.8 cm³/mol. The number of rotatable bonds is 4. The molecule has 2 heterocycles. The van der Waals surface area contributed by atoms with Crippen LogP contribution in [0.1, 0.15) is 41.4 Å². The lowest BCUT2D eigenvalue weighted by molar-refractivity contribution is 0.0689. The molecule has 2 aromatic heterocycles. The Balaban J connectivity index is 2.00. The van der Waals surface area contributed by atoms with E-state index in [1.165, 1.54) is 16.5 Å². The first-order valence-corrected chi connectivity index (χ1v) is 8.13. The summed E-state index contributed by atoms with van der Waals surface area (Å²) < 4.78 is 2.32. The van der Waals surface area contributed by atoms with Gasteiger partial charge in [0.2, 0.25) is 0 Å². The second-order valence-electron chi connectivity index (χ2n) is 6.08. The highest BCUT2D eigenvalue weighted by Gasteiger charge is 2.29. The molecule has 3 aromatic rings. The standard InChI is InChI=1S/C18H19N3O2/c1-2-3-10-21-14-7-5-4-6-11(14)12-8-9-13-15(17(12)21)19-20-16(13)18(22)23/h4-7H,2-3,8-10H2,1H3,(H,19,20)(H,22,23). The number of benzene rings is 1. The third-order valence-corrected chi connectivity index (χ3v) is 4.74. The summed E-state index contributed by atoms with van der Waals surface area (Å²) in [7, 11) is 0. The topological polar surface area (TPSA) is 70.9 Å². The lowest BCUT2D eigenvalue weighted by atomic mass is 9.92. The number of carboxylic acids is 1. The van der Waals surface area contributed by atoms with Crippen LogP contribution < -0.4 is 0 Å². The number of aromatic amines is 1. The Morgan fingerprint density at radius 3 is 2.87 bits per heavy atom. The van der Waals surface area contributed by atoms with E-state index in [1.807, 2.05) is 0 Å². The van der Waals surface area contributed by atoms with Gasteiger partial charge in [-0.3, -0.25) is 5.10 Å². The molecule has 0 atom stereocenters. The lowest BCUT2D eigenvalue weighted by Gasteiger charge is -2.16. The Kier molecular flexibility index (Phi) is 3.22. The zero-order valence-electron chi connectivity index (χ0n) is 13.1. The summed E-state index contributed by atoms with van der Waals surface area (Å²) in [5, 5.41) is 17.7. The van der Waals surface area contributed by atoms with Crippen molar-refractivity contribution in [3.05, 3.63) is 41.1 Å². The molecule has 0 bridgehead atoms. The van der Waals surface area contributed by atoms with Gasteiger partial charge in [0.05, 0.1) is 5.69 Å². The Morgan fingerprint density at radius 2 is 2.09 bits per heavy atom. The molecule has 5 nitrogen and oxygen atoms in total. The van der Waals surface area contributed by atoms with Gasteiger partial charge in [-0.25, -0.2) is 4.79 Å². The van der Waals surface area contributed by atoms with Gasteiger partial charge in [0.25, 0.3) is 0 Å². The van der Waals surface area contributed by atoms with Crippen molar-refractivity contribution in [2.24, 2.45) is 0 Å². The molecule has 0 saturated carbocycles. The second kappa shape index (κ2) is 5.26. The molecule has 1 aliphatic rings. The van der Waals surface area contributed by atoms with Crippen molar-refractivity contribution in [2.45, 2.75) is 39.2 Å². The molecule has 2 N–H and O–H groups in total. The van der Waals surface area contributed by atoms with Crippen LogP contribution in [0.15, 0.2) is 24.3 Å². The second-order valence-corrected chi connectivity index (χ2v) is 6.08. The van der Waals surface area contributed by atoms with E-state index in [-0.39, 0.29) is 5.69 Å². The third kappa shape index (κ3) is 2.00. The Bertz CT molecular complexity index is 905. The average Bonchev–Trinajstić information content (AvgIpc) is 3.12. The number of carboxylic acid groups (broad SMARTS) is 1. The van der Waals surface area contributed by atoms with Gasteiger partial charge in [0, 0.05) is 23.0 Å². The van der Waals surface area contributed by atoms with Crippen molar-refractivity contribution >= 4 is 16.9 Å². The maximum Gasteiger partial charge on any atom is 0.354 e. The summed E-state index contributed by atoms with van der Waals surface area (Å²) in [6, 6.07) is 8.43. The Labute approximate surface area is 133 Å². The van der Waals surface area contributed by atoms with Crippen LogP contribution in [0.3, 0.4) is 0 Å². The summed E-state index contributed by atoms with van der Waals surface area (Å²) in [6.07, 6.45) is 3.80. The number of nitrogens with one attached hydrogen (secondary N) is 1. The largest absolute Gasteiger partial charge is 0.477 e. The minimum atomic E-state index is -0.932. The molecule has 1 aromatic carbocycles. The highest BCUT2D eigenvalue weighted by molar-refractivity contribution is 5.95. The van der Waals surface area contributed by atoms with Crippen LogP contribution in [0, 0.1) is 0 Å². The van der Waals surface area contributed by atoms with Crippen molar-refractivity contribution in [3.8, 4) is 11.4 Å². The van der Waals surface area contributed by atoms with Crippen LogP contribution in [0.5, 0.6) is 0 Å². The molecule has 0 spiro atoms. The van der Waals surface area contributed by atoms with Crippen LogP contribution in [0.2, 0.25) is 0 Å². The van der Waals surface area contributed by atoms with Crippen LogP contribution in [0.25, 0.3) is 22.3 Å². The van der Waals surface area contributed by atoms with Gasteiger partial charge in [-0.15, -0.1) is 0 Å². The third-order valence-electron chi connectivity index (χ3n) is 4.74. The van der Waals surface area contributed by atoms with Crippen LogP contribution in [-0.4, -0.2) is 25.8 Å². The summed E-state index contributed by atoms with van der Waals surface area (Å²) in [4.78, 5) is 11.4. The zero-order valence-corrected chi connectivity index (χ0v) is 13.1. The molecule has 0 aliphatic heterocycles. The summed E-state index contributed by atoms with van der Waals surface area (Å²) in [5.41, 5.74) is 5.51. The van der Waals surface area contributed by atoms with E-state index in [0.717, 1.165) is 49.2 Å². The predicted octanol–water partition coefficient (Wildman–Crippen LogP) is 3.63. The smallest absolute Gasteiger partial charge is 0.354 e. The molecule has 0 amide bonds. The Hall–Kier alpha value is -2.56. The van der Waals surface area contributed by atoms with E-state index in [2.05, 4.69) is 46.0 Å². The van der Waals surface area contributed by atoms with E-state index in [9.17, 15) is 9.90 Å². The number of aryl methyl sites for hydroxylation is 2. The fourth-order valence-corrected chi connectivity index (χ4v) is 3.68. The molecule has 0 fully saturated rings. The van der Waals surface area contributed by atoms with Crippen LogP contribution >= 0.6 is 0 Å². The fraction of sp³-hybridized carbons (Fsp3) is 0.333. The maximum atomic E-state index is 11.4. The number of unbranched alkanes of at least 4 members (excludes halogenated alkanes) is 1. The van der Waals surface area contributed by atoms with E-state index >= 15 is 0 Å². The molecule has 23 heavy (non-hydrogen) atoms. The van der Waals surface area contributed by atoms with Crippen molar-refractivity contribution in [2.75, 3.05) is 0 Å². The first kappa shape index (κ1) is 14.1. The molecule has 4 rings (SSSR count). The van der Waals surface area contributed by atoms with Gasteiger partial charge in [0.1, 0.15) is 11.4 Å². The van der Waals surface area contributed by atoms with Gasteiger partial charge < -0.3 is 9.67 Å². The molecule has 0 radical (unpaired) electrons. The highest BCUT2D eigenvalue weighted by atomic mass is 16.4. The molecular formula is C18H19N3O2. The number of nitrogens with zero attached hydrogens (tertiary/aromatic N) is 2. The van der Waals surface area contributed by atoms with E-state index < -0.39 is 5.97 Å². The molecule has 118 valence electrons.